The Kier molecular flexibility index (Phi) is 8.06. The van der Waals surface area contributed by atoms with Crippen molar-refractivity contribution in [2.75, 3.05) is 27.2 Å². The largest absolute Gasteiger partial charge is 0.396 e. The highest BCUT2D eigenvalue weighted by Gasteiger charge is 2.20. The van der Waals surface area contributed by atoms with Gasteiger partial charge in [-0.3, -0.25) is 0 Å². The summed E-state index contributed by atoms with van der Waals surface area (Å²) in [5, 5.41) is 4.41. The summed E-state index contributed by atoms with van der Waals surface area (Å²) in [7, 11) is 4.18. The first-order chi connectivity index (χ1) is 8.74. The van der Waals surface area contributed by atoms with Crippen molar-refractivity contribution in [1.82, 2.24) is 4.90 Å². The summed E-state index contributed by atoms with van der Waals surface area (Å²) in [5.41, 5.74) is 1.33. The van der Waals surface area contributed by atoms with Crippen LogP contribution in [-0.2, 0) is 4.84 Å². The van der Waals surface area contributed by atoms with Gasteiger partial charge in [0.25, 0.3) is 0 Å². The fourth-order valence-electron chi connectivity index (χ4n) is 2.52. The van der Waals surface area contributed by atoms with Gasteiger partial charge < -0.3 is 9.74 Å². The SMILES string of the molecule is CCCCC1CCCC/C1=N\OCCCN(C)C. The van der Waals surface area contributed by atoms with Crippen LogP contribution in [0.15, 0.2) is 5.16 Å². The van der Waals surface area contributed by atoms with Crippen LogP contribution in [-0.4, -0.2) is 37.9 Å². The van der Waals surface area contributed by atoms with E-state index in [1.54, 1.807) is 0 Å². The van der Waals surface area contributed by atoms with E-state index in [9.17, 15) is 0 Å². The Balaban J connectivity index is 2.26. The molecule has 1 atom stereocenters. The predicted octanol–water partition coefficient (Wildman–Crippen LogP) is 3.69. The molecule has 0 aromatic rings. The lowest BCUT2D eigenvalue weighted by Crippen LogP contribution is -2.20. The van der Waals surface area contributed by atoms with Crippen LogP contribution in [0, 0.1) is 5.92 Å². The van der Waals surface area contributed by atoms with Crippen LogP contribution >= 0.6 is 0 Å². The molecule has 0 radical (unpaired) electrons. The fourth-order valence-corrected chi connectivity index (χ4v) is 2.52. The van der Waals surface area contributed by atoms with Crippen LogP contribution in [0.3, 0.4) is 0 Å². The topological polar surface area (TPSA) is 24.8 Å². The Morgan fingerprint density at radius 1 is 1.28 bits per heavy atom. The van der Waals surface area contributed by atoms with Gasteiger partial charge in [-0.05, 0) is 46.2 Å². The number of rotatable bonds is 8. The van der Waals surface area contributed by atoms with Crippen LogP contribution in [0.2, 0.25) is 0 Å². The molecule has 1 saturated carbocycles. The normalized spacial score (nSPS) is 22.7. The van der Waals surface area contributed by atoms with Gasteiger partial charge in [-0.15, -0.1) is 0 Å². The second kappa shape index (κ2) is 9.37. The highest BCUT2D eigenvalue weighted by Crippen LogP contribution is 2.26. The van der Waals surface area contributed by atoms with E-state index in [2.05, 4.69) is 31.1 Å². The number of oxime groups is 1. The van der Waals surface area contributed by atoms with E-state index in [0.717, 1.165) is 26.0 Å². The average Bonchev–Trinajstić information content (AvgIpc) is 2.36. The fraction of sp³-hybridized carbons (Fsp3) is 0.933. The van der Waals surface area contributed by atoms with E-state index in [4.69, 9.17) is 4.84 Å². The molecule has 3 heteroatoms. The van der Waals surface area contributed by atoms with E-state index in [-0.39, 0.29) is 0 Å². The summed E-state index contributed by atoms with van der Waals surface area (Å²) in [6, 6.07) is 0. The maximum absolute atomic E-state index is 5.50. The molecule has 0 heterocycles. The van der Waals surface area contributed by atoms with Gasteiger partial charge in [0, 0.05) is 12.5 Å². The van der Waals surface area contributed by atoms with Gasteiger partial charge in [0.15, 0.2) is 0 Å². The molecule has 1 fully saturated rings. The molecule has 1 aliphatic carbocycles. The smallest absolute Gasteiger partial charge is 0.118 e. The molecule has 0 aromatic carbocycles. The minimum absolute atomic E-state index is 0.701. The Bertz CT molecular complexity index is 239. The molecule has 0 spiro atoms. The molecule has 0 aliphatic heterocycles. The standard InChI is InChI=1S/C15H30N2O/c1-4-5-9-14-10-6-7-11-15(14)16-18-13-8-12-17(2)3/h14H,4-13H2,1-3H3/b16-15+. The Labute approximate surface area is 113 Å². The lowest BCUT2D eigenvalue weighted by molar-refractivity contribution is 0.131. The first-order valence-electron chi connectivity index (χ1n) is 7.57. The average molecular weight is 254 g/mol. The minimum Gasteiger partial charge on any atom is -0.396 e. The van der Waals surface area contributed by atoms with Crippen LogP contribution in [0.1, 0.15) is 58.3 Å². The summed E-state index contributed by atoms with van der Waals surface area (Å²) in [6.45, 7) is 4.09. The summed E-state index contributed by atoms with van der Waals surface area (Å²) < 4.78 is 0. The lowest BCUT2D eigenvalue weighted by Gasteiger charge is -2.23. The van der Waals surface area contributed by atoms with E-state index in [0.29, 0.717) is 5.92 Å². The zero-order valence-corrected chi connectivity index (χ0v) is 12.5. The van der Waals surface area contributed by atoms with E-state index in [1.165, 1.54) is 44.2 Å². The van der Waals surface area contributed by atoms with Gasteiger partial charge in [-0.1, -0.05) is 31.3 Å². The molecule has 18 heavy (non-hydrogen) atoms. The van der Waals surface area contributed by atoms with E-state index < -0.39 is 0 Å². The van der Waals surface area contributed by atoms with Crippen molar-refractivity contribution in [3.8, 4) is 0 Å². The van der Waals surface area contributed by atoms with Crippen molar-refractivity contribution >= 4 is 5.71 Å². The third-order valence-corrected chi connectivity index (χ3v) is 3.64. The van der Waals surface area contributed by atoms with Crippen molar-refractivity contribution in [3.05, 3.63) is 0 Å². The minimum atomic E-state index is 0.701. The third-order valence-electron chi connectivity index (χ3n) is 3.64. The zero-order chi connectivity index (χ0) is 13.2. The highest BCUT2D eigenvalue weighted by atomic mass is 16.6. The first-order valence-corrected chi connectivity index (χ1v) is 7.57. The molecular weight excluding hydrogens is 224 g/mol. The quantitative estimate of drug-likeness (QED) is 0.487. The summed E-state index contributed by atoms with van der Waals surface area (Å²) in [5.74, 6) is 0.701. The Hall–Kier alpha value is -0.570. The van der Waals surface area contributed by atoms with Gasteiger partial charge in [0.1, 0.15) is 6.61 Å². The summed E-state index contributed by atoms with van der Waals surface area (Å²) in [4.78, 5) is 7.68. The van der Waals surface area contributed by atoms with E-state index in [1.807, 2.05) is 0 Å². The zero-order valence-electron chi connectivity index (χ0n) is 12.5. The lowest BCUT2D eigenvalue weighted by atomic mass is 9.84. The third kappa shape index (κ3) is 6.39. The maximum Gasteiger partial charge on any atom is 0.118 e. The highest BCUT2D eigenvalue weighted by molar-refractivity contribution is 5.86. The van der Waals surface area contributed by atoms with Crippen LogP contribution in [0.5, 0.6) is 0 Å². The number of unbranched alkanes of at least 4 members (excludes halogenated alkanes) is 1. The molecular formula is C15H30N2O. The number of nitrogens with zero attached hydrogens (tertiary/aromatic N) is 2. The molecule has 1 rings (SSSR count). The molecule has 0 amide bonds. The number of hydrogen-bond donors (Lipinski definition) is 0. The molecule has 1 unspecified atom stereocenters. The molecule has 3 nitrogen and oxygen atoms in total. The monoisotopic (exact) mass is 254 g/mol. The maximum atomic E-state index is 5.50. The van der Waals surface area contributed by atoms with Crippen molar-refractivity contribution in [2.45, 2.75) is 58.3 Å². The first kappa shape index (κ1) is 15.5. The van der Waals surface area contributed by atoms with Gasteiger partial charge in [0.2, 0.25) is 0 Å². The second-order valence-electron chi connectivity index (χ2n) is 5.66. The van der Waals surface area contributed by atoms with Crippen molar-refractivity contribution in [3.63, 3.8) is 0 Å². The van der Waals surface area contributed by atoms with Gasteiger partial charge in [-0.25, -0.2) is 0 Å². The Morgan fingerprint density at radius 2 is 2.11 bits per heavy atom. The summed E-state index contributed by atoms with van der Waals surface area (Å²) in [6.07, 6.45) is 10.1. The molecule has 0 saturated heterocycles. The van der Waals surface area contributed by atoms with Gasteiger partial charge in [-0.2, -0.15) is 0 Å². The van der Waals surface area contributed by atoms with Crippen LogP contribution in [0.4, 0.5) is 0 Å². The molecule has 0 aromatic heterocycles. The van der Waals surface area contributed by atoms with Gasteiger partial charge >= 0.3 is 0 Å². The molecule has 0 bridgehead atoms. The van der Waals surface area contributed by atoms with Crippen molar-refractivity contribution in [2.24, 2.45) is 11.1 Å². The Morgan fingerprint density at radius 3 is 2.83 bits per heavy atom. The van der Waals surface area contributed by atoms with Crippen molar-refractivity contribution in [1.29, 1.82) is 0 Å². The number of hydrogen-bond acceptors (Lipinski definition) is 3. The van der Waals surface area contributed by atoms with Crippen LogP contribution < -0.4 is 0 Å². The van der Waals surface area contributed by atoms with E-state index >= 15 is 0 Å². The predicted molar refractivity (Wildman–Crippen MR) is 78.0 cm³/mol. The van der Waals surface area contributed by atoms with Gasteiger partial charge in [0.05, 0.1) is 5.71 Å². The van der Waals surface area contributed by atoms with Crippen LogP contribution in [0.25, 0.3) is 0 Å². The molecule has 106 valence electrons. The van der Waals surface area contributed by atoms with Crippen molar-refractivity contribution < 1.29 is 4.84 Å². The molecule has 0 N–H and O–H groups in total. The summed E-state index contributed by atoms with van der Waals surface area (Å²) >= 11 is 0. The second-order valence-corrected chi connectivity index (χ2v) is 5.66. The molecule has 1 aliphatic rings.